The van der Waals surface area contributed by atoms with Crippen LogP contribution in [0.2, 0.25) is 0 Å². The average molecular weight is 307 g/mol. The summed E-state index contributed by atoms with van der Waals surface area (Å²) in [6.45, 7) is 4.64. The van der Waals surface area contributed by atoms with Gasteiger partial charge in [0, 0.05) is 13.1 Å². The van der Waals surface area contributed by atoms with Crippen molar-refractivity contribution in [1.82, 2.24) is 10.6 Å². The van der Waals surface area contributed by atoms with Gasteiger partial charge in [-0.15, -0.1) is 12.4 Å². The third-order valence-corrected chi connectivity index (χ3v) is 3.28. The standard InChI is InChI=1S/C17H22N2O.ClH/c1-2-10-18-11-12-19-17(20)13-15-8-5-7-14-6-3-4-9-16(14)15;/h3-9,18H,2,10-13H2,1H3,(H,19,20);1H. The van der Waals surface area contributed by atoms with E-state index in [0.29, 0.717) is 13.0 Å². The second-order valence-electron chi connectivity index (χ2n) is 4.92. The second-order valence-corrected chi connectivity index (χ2v) is 4.92. The molecule has 0 spiro atoms. The number of rotatable bonds is 7. The summed E-state index contributed by atoms with van der Waals surface area (Å²) in [6.07, 6.45) is 1.55. The first kappa shape index (κ1) is 17.5. The van der Waals surface area contributed by atoms with Gasteiger partial charge in [0.25, 0.3) is 0 Å². The average Bonchev–Trinajstić information content (AvgIpc) is 2.47. The number of amides is 1. The molecular weight excluding hydrogens is 284 g/mol. The molecule has 0 fully saturated rings. The lowest BCUT2D eigenvalue weighted by atomic mass is 10.0. The molecule has 0 aromatic heterocycles. The molecule has 3 nitrogen and oxygen atoms in total. The van der Waals surface area contributed by atoms with Crippen molar-refractivity contribution in [1.29, 1.82) is 0 Å². The Hall–Kier alpha value is -1.58. The van der Waals surface area contributed by atoms with Gasteiger partial charge in [-0.2, -0.15) is 0 Å². The Morgan fingerprint density at radius 2 is 1.76 bits per heavy atom. The number of carbonyl (C=O) groups excluding carboxylic acids is 1. The minimum Gasteiger partial charge on any atom is -0.355 e. The highest BCUT2D eigenvalue weighted by Crippen LogP contribution is 2.18. The van der Waals surface area contributed by atoms with Crippen LogP contribution in [0.3, 0.4) is 0 Å². The van der Waals surface area contributed by atoms with Gasteiger partial charge in [-0.3, -0.25) is 4.79 Å². The number of hydrogen-bond acceptors (Lipinski definition) is 2. The first-order valence-electron chi connectivity index (χ1n) is 7.25. The van der Waals surface area contributed by atoms with Crippen LogP contribution in [0.4, 0.5) is 0 Å². The van der Waals surface area contributed by atoms with E-state index in [0.717, 1.165) is 30.5 Å². The molecule has 1 amide bonds. The van der Waals surface area contributed by atoms with Crippen LogP contribution in [0.25, 0.3) is 10.8 Å². The minimum atomic E-state index is 0. The number of halogens is 1. The lowest BCUT2D eigenvalue weighted by molar-refractivity contribution is -0.120. The van der Waals surface area contributed by atoms with Crippen LogP contribution >= 0.6 is 12.4 Å². The topological polar surface area (TPSA) is 41.1 Å². The maximum absolute atomic E-state index is 11.9. The fourth-order valence-corrected chi connectivity index (χ4v) is 2.27. The number of hydrogen-bond donors (Lipinski definition) is 2. The molecule has 2 aromatic rings. The van der Waals surface area contributed by atoms with E-state index in [2.05, 4.69) is 35.8 Å². The van der Waals surface area contributed by atoms with E-state index >= 15 is 0 Å². The molecule has 0 heterocycles. The molecule has 0 unspecified atom stereocenters. The third kappa shape index (κ3) is 5.37. The minimum absolute atomic E-state index is 0. The molecule has 2 N–H and O–H groups in total. The highest BCUT2D eigenvalue weighted by molar-refractivity contribution is 5.90. The van der Waals surface area contributed by atoms with Gasteiger partial charge < -0.3 is 10.6 Å². The number of carbonyl (C=O) groups is 1. The monoisotopic (exact) mass is 306 g/mol. The van der Waals surface area contributed by atoms with Crippen molar-refractivity contribution in [2.75, 3.05) is 19.6 Å². The predicted octanol–water partition coefficient (Wildman–Crippen LogP) is 2.92. The zero-order valence-corrected chi connectivity index (χ0v) is 13.2. The van der Waals surface area contributed by atoms with E-state index in [4.69, 9.17) is 0 Å². The molecule has 4 heteroatoms. The molecule has 114 valence electrons. The van der Waals surface area contributed by atoms with Crippen LogP contribution in [0.15, 0.2) is 42.5 Å². The van der Waals surface area contributed by atoms with Crippen molar-refractivity contribution in [3.05, 3.63) is 48.0 Å². The Bertz CT molecular complexity index is 566. The van der Waals surface area contributed by atoms with Crippen molar-refractivity contribution in [3.63, 3.8) is 0 Å². The first-order valence-corrected chi connectivity index (χ1v) is 7.25. The first-order chi connectivity index (χ1) is 9.81. The zero-order chi connectivity index (χ0) is 14.2. The van der Waals surface area contributed by atoms with Crippen molar-refractivity contribution >= 4 is 29.1 Å². The highest BCUT2D eigenvalue weighted by atomic mass is 35.5. The number of nitrogens with one attached hydrogen (secondary N) is 2. The molecule has 0 bridgehead atoms. The fraction of sp³-hybridized carbons (Fsp3) is 0.353. The molecule has 0 aliphatic carbocycles. The largest absolute Gasteiger partial charge is 0.355 e. The fourth-order valence-electron chi connectivity index (χ4n) is 2.27. The van der Waals surface area contributed by atoms with Gasteiger partial charge in [0.05, 0.1) is 6.42 Å². The Morgan fingerprint density at radius 1 is 1.00 bits per heavy atom. The molecule has 0 aliphatic heterocycles. The van der Waals surface area contributed by atoms with Gasteiger partial charge in [0.1, 0.15) is 0 Å². The smallest absolute Gasteiger partial charge is 0.224 e. The zero-order valence-electron chi connectivity index (χ0n) is 12.4. The number of benzene rings is 2. The number of fused-ring (bicyclic) bond motifs is 1. The summed E-state index contributed by atoms with van der Waals surface area (Å²) in [5.74, 6) is 0.0830. The lowest BCUT2D eigenvalue weighted by Gasteiger charge is -2.08. The molecular formula is C17H23ClN2O. The van der Waals surface area contributed by atoms with Gasteiger partial charge in [-0.1, -0.05) is 49.4 Å². The normalized spacial score (nSPS) is 10.1. The Labute approximate surface area is 132 Å². The van der Waals surface area contributed by atoms with E-state index in [1.165, 1.54) is 5.39 Å². The van der Waals surface area contributed by atoms with Crippen molar-refractivity contribution < 1.29 is 4.79 Å². The lowest BCUT2D eigenvalue weighted by Crippen LogP contribution is -2.33. The van der Waals surface area contributed by atoms with Crippen LogP contribution in [0, 0.1) is 0 Å². The van der Waals surface area contributed by atoms with E-state index < -0.39 is 0 Å². The summed E-state index contributed by atoms with van der Waals surface area (Å²) in [5.41, 5.74) is 1.09. The van der Waals surface area contributed by atoms with Gasteiger partial charge in [0.15, 0.2) is 0 Å². The van der Waals surface area contributed by atoms with E-state index in [9.17, 15) is 4.79 Å². The molecule has 21 heavy (non-hydrogen) atoms. The van der Waals surface area contributed by atoms with E-state index in [1.807, 2.05) is 24.3 Å². The molecule has 0 radical (unpaired) electrons. The van der Waals surface area contributed by atoms with Crippen LogP contribution in [-0.2, 0) is 11.2 Å². The van der Waals surface area contributed by atoms with Gasteiger partial charge >= 0.3 is 0 Å². The SMILES string of the molecule is CCCNCCNC(=O)Cc1cccc2ccccc12.Cl. The molecule has 0 saturated carbocycles. The summed E-state index contributed by atoms with van der Waals surface area (Å²) >= 11 is 0. The predicted molar refractivity (Wildman–Crippen MR) is 91.1 cm³/mol. The molecule has 2 rings (SSSR count). The van der Waals surface area contributed by atoms with E-state index in [-0.39, 0.29) is 18.3 Å². The van der Waals surface area contributed by atoms with Crippen LogP contribution in [-0.4, -0.2) is 25.5 Å². The highest BCUT2D eigenvalue weighted by Gasteiger charge is 2.05. The van der Waals surface area contributed by atoms with Gasteiger partial charge in [-0.05, 0) is 29.3 Å². The van der Waals surface area contributed by atoms with Gasteiger partial charge in [0.2, 0.25) is 5.91 Å². The Balaban J connectivity index is 0.00000220. The summed E-state index contributed by atoms with van der Waals surface area (Å²) in [7, 11) is 0. The van der Waals surface area contributed by atoms with Crippen LogP contribution in [0.5, 0.6) is 0 Å². The quantitative estimate of drug-likeness (QED) is 0.772. The summed E-state index contributed by atoms with van der Waals surface area (Å²) in [4.78, 5) is 11.9. The van der Waals surface area contributed by atoms with Crippen molar-refractivity contribution in [2.24, 2.45) is 0 Å². The molecule has 0 atom stereocenters. The third-order valence-electron chi connectivity index (χ3n) is 3.28. The molecule has 0 aliphatic rings. The summed E-state index contributed by atoms with van der Waals surface area (Å²) in [5, 5.41) is 8.57. The van der Waals surface area contributed by atoms with Crippen LogP contribution < -0.4 is 10.6 Å². The summed E-state index contributed by atoms with van der Waals surface area (Å²) < 4.78 is 0. The van der Waals surface area contributed by atoms with Gasteiger partial charge in [-0.25, -0.2) is 0 Å². The molecule has 2 aromatic carbocycles. The molecule has 0 saturated heterocycles. The maximum atomic E-state index is 11.9. The Kier molecular flexibility index (Phi) is 7.80. The van der Waals surface area contributed by atoms with Crippen molar-refractivity contribution in [2.45, 2.75) is 19.8 Å². The maximum Gasteiger partial charge on any atom is 0.224 e. The Morgan fingerprint density at radius 3 is 2.57 bits per heavy atom. The summed E-state index contributed by atoms with van der Waals surface area (Å²) in [6, 6.07) is 14.3. The van der Waals surface area contributed by atoms with Crippen molar-refractivity contribution in [3.8, 4) is 0 Å². The van der Waals surface area contributed by atoms with E-state index in [1.54, 1.807) is 0 Å². The van der Waals surface area contributed by atoms with Crippen LogP contribution in [0.1, 0.15) is 18.9 Å². The second kappa shape index (κ2) is 9.37.